The molecule has 0 bridgehead atoms. The van der Waals surface area contributed by atoms with Crippen LogP contribution in [0.25, 0.3) is 0 Å². The van der Waals surface area contributed by atoms with Gasteiger partial charge in [0.25, 0.3) is 0 Å². The van der Waals surface area contributed by atoms with E-state index in [9.17, 15) is 14.3 Å². The number of halogens is 1. The Morgan fingerprint density at radius 3 is 3.05 bits per heavy atom. The number of nitrogens with zero attached hydrogens (tertiary/aromatic N) is 1. The minimum Gasteiger partial charge on any atom is -0.388 e. The number of rotatable bonds is 3. The number of anilines is 1. The second-order valence-corrected chi connectivity index (χ2v) is 5.38. The summed E-state index contributed by atoms with van der Waals surface area (Å²) in [6.45, 7) is 0.149. The Morgan fingerprint density at radius 2 is 2.29 bits per heavy atom. The second-order valence-electron chi connectivity index (χ2n) is 5.38. The molecule has 2 N–H and O–H groups in total. The second kappa shape index (κ2) is 5.69. The van der Waals surface area contributed by atoms with Crippen LogP contribution in [0.15, 0.2) is 36.7 Å². The lowest BCUT2D eigenvalue weighted by Gasteiger charge is -2.16. The molecule has 1 atom stereocenters. The molecule has 0 radical (unpaired) electrons. The minimum atomic E-state index is -0.429. The molecule has 1 aromatic heterocycles. The van der Waals surface area contributed by atoms with Gasteiger partial charge >= 0.3 is 0 Å². The average molecular weight is 288 g/mol. The molecule has 5 heteroatoms. The number of nitrogens with one attached hydrogen (secondary N) is 1. The standard InChI is InChI=1S/C16H17FN2O2/c17-12-4-2-5-13(7-12)18-16(21)10-19-8-11-3-1-6-15(20)14(11)9-19/h2,4-5,7-9,15,20H,1,3,6,10H2,(H,18,21). The van der Waals surface area contributed by atoms with Crippen molar-refractivity contribution in [2.45, 2.75) is 31.9 Å². The van der Waals surface area contributed by atoms with Crippen molar-refractivity contribution in [1.82, 2.24) is 4.57 Å². The number of benzene rings is 1. The molecule has 21 heavy (non-hydrogen) atoms. The number of fused-ring (bicyclic) bond motifs is 1. The monoisotopic (exact) mass is 288 g/mol. The highest BCUT2D eigenvalue weighted by Gasteiger charge is 2.20. The smallest absolute Gasteiger partial charge is 0.244 e. The summed E-state index contributed by atoms with van der Waals surface area (Å²) < 4.78 is 14.8. The third kappa shape index (κ3) is 3.13. The van der Waals surface area contributed by atoms with E-state index in [2.05, 4.69) is 5.32 Å². The summed E-state index contributed by atoms with van der Waals surface area (Å²) in [7, 11) is 0. The average Bonchev–Trinajstić information content (AvgIpc) is 2.82. The number of aryl methyl sites for hydroxylation is 1. The van der Waals surface area contributed by atoms with E-state index in [1.165, 1.54) is 12.1 Å². The number of hydrogen-bond acceptors (Lipinski definition) is 2. The fraction of sp³-hybridized carbons (Fsp3) is 0.312. The van der Waals surface area contributed by atoms with Gasteiger partial charge in [-0.25, -0.2) is 4.39 Å². The van der Waals surface area contributed by atoms with Crippen LogP contribution in [0.4, 0.5) is 10.1 Å². The van der Waals surface area contributed by atoms with Crippen LogP contribution in [-0.2, 0) is 17.8 Å². The summed E-state index contributed by atoms with van der Waals surface area (Å²) in [6, 6.07) is 5.81. The molecule has 1 heterocycles. The molecule has 0 saturated heterocycles. The zero-order chi connectivity index (χ0) is 14.8. The van der Waals surface area contributed by atoms with E-state index in [0.717, 1.165) is 30.4 Å². The molecule has 0 fully saturated rings. The van der Waals surface area contributed by atoms with Crippen LogP contribution in [0, 0.1) is 5.82 Å². The van der Waals surface area contributed by atoms with Crippen molar-refractivity contribution in [2.24, 2.45) is 0 Å². The van der Waals surface area contributed by atoms with Crippen molar-refractivity contribution in [3.63, 3.8) is 0 Å². The maximum absolute atomic E-state index is 13.1. The minimum absolute atomic E-state index is 0.149. The third-order valence-electron chi connectivity index (χ3n) is 3.71. The summed E-state index contributed by atoms with van der Waals surface area (Å²) >= 11 is 0. The van der Waals surface area contributed by atoms with E-state index in [1.807, 2.05) is 12.4 Å². The molecule has 0 spiro atoms. The lowest BCUT2D eigenvalue weighted by Crippen LogP contribution is -2.17. The van der Waals surface area contributed by atoms with Gasteiger partial charge in [0.1, 0.15) is 12.4 Å². The Hall–Kier alpha value is -2.14. The molecule has 0 saturated carbocycles. The van der Waals surface area contributed by atoms with Gasteiger partial charge in [-0.15, -0.1) is 0 Å². The molecule has 2 aromatic rings. The number of carbonyl (C=O) groups is 1. The predicted octanol–water partition coefficient (Wildman–Crippen LogP) is 2.64. The summed E-state index contributed by atoms with van der Waals surface area (Å²) in [5, 5.41) is 12.6. The SMILES string of the molecule is O=C(Cn1cc2c(c1)C(O)CCC2)Nc1cccc(F)c1. The van der Waals surface area contributed by atoms with E-state index >= 15 is 0 Å². The zero-order valence-corrected chi connectivity index (χ0v) is 11.6. The van der Waals surface area contributed by atoms with E-state index in [1.54, 1.807) is 16.7 Å². The first-order valence-corrected chi connectivity index (χ1v) is 7.04. The van der Waals surface area contributed by atoms with Gasteiger partial charge in [0, 0.05) is 23.6 Å². The molecule has 110 valence electrons. The van der Waals surface area contributed by atoms with Crippen molar-refractivity contribution in [2.75, 3.05) is 5.32 Å². The molecular formula is C16H17FN2O2. The van der Waals surface area contributed by atoms with Crippen molar-refractivity contribution in [3.05, 3.63) is 53.6 Å². The molecule has 1 amide bonds. The van der Waals surface area contributed by atoms with Crippen LogP contribution in [0.5, 0.6) is 0 Å². The Kier molecular flexibility index (Phi) is 3.75. The first-order valence-electron chi connectivity index (χ1n) is 7.04. The fourth-order valence-electron chi connectivity index (χ4n) is 2.75. The van der Waals surface area contributed by atoms with Gasteiger partial charge < -0.3 is 15.0 Å². The maximum Gasteiger partial charge on any atom is 0.244 e. The van der Waals surface area contributed by atoms with E-state index in [4.69, 9.17) is 0 Å². The van der Waals surface area contributed by atoms with Crippen LogP contribution in [0.1, 0.15) is 30.1 Å². The van der Waals surface area contributed by atoms with E-state index < -0.39 is 6.10 Å². The van der Waals surface area contributed by atoms with Crippen LogP contribution >= 0.6 is 0 Å². The van der Waals surface area contributed by atoms with Crippen LogP contribution < -0.4 is 5.32 Å². The van der Waals surface area contributed by atoms with E-state index in [0.29, 0.717) is 5.69 Å². The number of aromatic nitrogens is 1. The lowest BCUT2D eigenvalue weighted by molar-refractivity contribution is -0.116. The Bertz CT molecular complexity index is 666. The quantitative estimate of drug-likeness (QED) is 0.912. The summed E-state index contributed by atoms with van der Waals surface area (Å²) in [4.78, 5) is 12.0. The maximum atomic E-state index is 13.1. The van der Waals surface area contributed by atoms with Gasteiger partial charge in [0.2, 0.25) is 5.91 Å². The van der Waals surface area contributed by atoms with Crippen LogP contribution in [0.3, 0.4) is 0 Å². The van der Waals surface area contributed by atoms with Gasteiger partial charge in [-0.3, -0.25) is 4.79 Å². The largest absolute Gasteiger partial charge is 0.388 e. The topological polar surface area (TPSA) is 54.3 Å². The molecular weight excluding hydrogens is 271 g/mol. The highest BCUT2D eigenvalue weighted by Crippen LogP contribution is 2.30. The van der Waals surface area contributed by atoms with Gasteiger partial charge in [0.05, 0.1) is 6.10 Å². The summed E-state index contributed by atoms with van der Waals surface area (Å²) in [5.74, 6) is -0.602. The first kappa shape index (κ1) is 13.8. The number of aliphatic hydroxyl groups excluding tert-OH is 1. The van der Waals surface area contributed by atoms with Crippen LogP contribution in [-0.4, -0.2) is 15.6 Å². The predicted molar refractivity (Wildman–Crippen MR) is 77.4 cm³/mol. The van der Waals surface area contributed by atoms with Crippen molar-refractivity contribution in [1.29, 1.82) is 0 Å². The van der Waals surface area contributed by atoms with Crippen molar-refractivity contribution in [3.8, 4) is 0 Å². The van der Waals surface area contributed by atoms with Crippen molar-refractivity contribution >= 4 is 11.6 Å². The molecule has 0 aliphatic heterocycles. The van der Waals surface area contributed by atoms with Crippen molar-refractivity contribution < 1.29 is 14.3 Å². The molecule has 1 unspecified atom stereocenters. The number of hydrogen-bond donors (Lipinski definition) is 2. The Morgan fingerprint density at radius 1 is 1.43 bits per heavy atom. The van der Waals surface area contributed by atoms with Gasteiger partial charge in [0.15, 0.2) is 0 Å². The molecule has 1 aliphatic carbocycles. The molecule has 3 rings (SSSR count). The first-order chi connectivity index (χ1) is 10.1. The molecule has 1 aliphatic rings. The third-order valence-corrected chi connectivity index (χ3v) is 3.71. The van der Waals surface area contributed by atoms with Crippen LogP contribution in [0.2, 0.25) is 0 Å². The normalized spacial score (nSPS) is 17.3. The molecule has 1 aromatic carbocycles. The Balaban J connectivity index is 1.68. The highest BCUT2D eigenvalue weighted by atomic mass is 19.1. The number of aliphatic hydroxyl groups is 1. The van der Waals surface area contributed by atoms with E-state index in [-0.39, 0.29) is 18.3 Å². The van der Waals surface area contributed by atoms with Gasteiger partial charge in [-0.2, -0.15) is 0 Å². The fourth-order valence-corrected chi connectivity index (χ4v) is 2.75. The molecule has 4 nitrogen and oxygen atoms in total. The lowest BCUT2D eigenvalue weighted by atomic mass is 9.93. The Labute approximate surface area is 122 Å². The summed E-state index contributed by atoms with van der Waals surface area (Å²) in [5.41, 5.74) is 2.46. The van der Waals surface area contributed by atoms with Gasteiger partial charge in [-0.1, -0.05) is 6.07 Å². The summed E-state index contributed by atoms with van der Waals surface area (Å²) in [6.07, 6.45) is 5.97. The highest BCUT2D eigenvalue weighted by molar-refractivity contribution is 5.90. The number of amides is 1. The van der Waals surface area contributed by atoms with Gasteiger partial charge in [-0.05, 0) is 43.0 Å². The number of carbonyl (C=O) groups excluding carboxylic acids is 1. The zero-order valence-electron chi connectivity index (χ0n) is 11.6.